The summed E-state index contributed by atoms with van der Waals surface area (Å²) in [5.74, 6) is -0.104. The third kappa shape index (κ3) is 2.55. The summed E-state index contributed by atoms with van der Waals surface area (Å²) in [5.41, 5.74) is 4.71. The van der Waals surface area contributed by atoms with E-state index < -0.39 is 0 Å². The van der Waals surface area contributed by atoms with Crippen LogP contribution in [0.1, 0.15) is 16.8 Å². The lowest BCUT2D eigenvalue weighted by molar-refractivity contribution is 0.309. The maximum Gasteiger partial charge on any atom is 0.147 e. The molecule has 0 N–H and O–H groups in total. The van der Waals surface area contributed by atoms with Gasteiger partial charge in [-0.3, -0.25) is 0 Å². The van der Waals surface area contributed by atoms with Crippen LogP contribution in [0, 0.1) is 5.82 Å². The van der Waals surface area contributed by atoms with Crippen molar-refractivity contribution in [3.63, 3.8) is 0 Å². The van der Waals surface area contributed by atoms with E-state index in [-0.39, 0.29) is 5.82 Å². The third-order valence-electron chi connectivity index (χ3n) is 4.88. The minimum atomic E-state index is -0.104. The number of rotatable bonds is 3. The largest absolute Gasteiger partial charge is 0.342 e. The Morgan fingerprint density at radius 3 is 2.70 bits per heavy atom. The Morgan fingerprint density at radius 2 is 1.87 bits per heavy atom. The molecule has 1 aliphatic heterocycles. The van der Waals surface area contributed by atoms with Crippen molar-refractivity contribution in [2.75, 3.05) is 13.6 Å². The number of aromatic nitrogens is 1. The Morgan fingerprint density at radius 1 is 1.04 bits per heavy atom. The molecule has 3 heteroatoms. The average molecular weight is 308 g/mol. The van der Waals surface area contributed by atoms with Crippen molar-refractivity contribution in [3.05, 3.63) is 71.2 Å². The highest BCUT2D eigenvalue weighted by Crippen LogP contribution is 2.32. The summed E-state index contributed by atoms with van der Waals surface area (Å²) >= 11 is 0. The second-order valence-electron chi connectivity index (χ2n) is 6.44. The predicted octanol–water partition coefficient (Wildman–Crippen LogP) is 4.01. The molecule has 3 aromatic rings. The summed E-state index contributed by atoms with van der Waals surface area (Å²) in [6.45, 7) is 2.78. The van der Waals surface area contributed by atoms with E-state index in [1.165, 1.54) is 16.8 Å². The molecule has 4 rings (SSSR count). The predicted molar refractivity (Wildman–Crippen MR) is 92.1 cm³/mol. The number of para-hydroxylation sites is 1. The van der Waals surface area contributed by atoms with Crippen LogP contribution >= 0.6 is 0 Å². The minimum absolute atomic E-state index is 0.104. The minimum Gasteiger partial charge on any atom is -0.342 e. The smallest absolute Gasteiger partial charge is 0.147 e. The van der Waals surface area contributed by atoms with Crippen molar-refractivity contribution >= 4 is 10.9 Å². The first kappa shape index (κ1) is 14.5. The third-order valence-corrected chi connectivity index (χ3v) is 4.88. The molecule has 0 saturated carbocycles. The Labute approximate surface area is 136 Å². The fraction of sp³-hybridized carbons (Fsp3) is 0.300. The molecule has 1 aliphatic rings. The SMILES string of the molecule is CN1CCc2c(c3cccc(F)c3n2CCc2ccccc2)C1. The van der Waals surface area contributed by atoms with Gasteiger partial charge >= 0.3 is 0 Å². The van der Waals surface area contributed by atoms with Gasteiger partial charge in [-0.25, -0.2) is 4.39 Å². The lowest BCUT2D eigenvalue weighted by Gasteiger charge is -2.24. The van der Waals surface area contributed by atoms with Crippen LogP contribution in [0.15, 0.2) is 48.5 Å². The van der Waals surface area contributed by atoms with Crippen LogP contribution in [-0.4, -0.2) is 23.1 Å². The number of likely N-dealkylation sites (N-methyl/N-ethyl adjacent to an activating group) is 1. The summed E-state index contributed by atoms with van der Waals surface area (Å²) < 4.78 is 16.7. The van der Waals surface area contributed by atoms with Gasteiger partial charge in [0.2, 0.25) is 0 Å². The molecule has 0 aliphatic carbocycles. The lowest BCUT2D eigenvalue weighted by Crippen LogP contribution is -2.27. The van der Waals surface area contributed by atoms with Crippen molar-refractivity contribution in [2.24, 2.45) is 0 Å². The highest BCUT2D eigenvalue weighted by molar-refractivity contribution is 5.86. The molecule has 2 heterocycles. The van der Waals surface area contributed by atoms with Crippen LogP contribution < -0.4 is 0 Å². The molecule has 2 aromatic carbocycles. The fourth-order valence-electron chi connectivity index (χ4n) is 3.73. The van der Waals surface area contributed by atoms with Gasteiger partial charge < -0.3 is 9.47 Å². The second-order valence-corrected chi connectivity index (χ2v) is 6.44. The molecule has 0 amide bonds. The maximum absolute atomic E-state index is 14.5. The quantitative estimate of drug-likeness (QED) is 0.710. The first-order valence-corrected chi connectivity index (χ1v) is 8.25. The van der Waals surface area contributed by atoms with Crippen LogP contribution in [0.4, 0.5) is 4.39 Å². The molecular formula is C20H21FN2. The Balaban J connectivity index is 1.79. The highest BCUT2D eigenvalue weighted by Gasteiger charge is 2.23. The monoisotopic (exact) mass is 308 g/mol. The van der Waals surface area contributed by atoms with Crippen molar-refractivity contribution in [1.29, 1.82) is 0 Å². The average Bonchev–Trinajstić information content (AvgIpc) is 2.88. The molecule has 0 bridgehead atoms. The lowest BCUT2D eigenvalue weighted by atomic mass is 10.0. The van der Waals surface area contributed by atoms with Gasteiger partial charge in [0.05, 0.1) is 5.52 Å². The zero-order chi connectivity index (χ0) is 15.8. The Hall–Kier alpha value is -2.13. The standard InChI is InChI=1S/C20H21FN2/c1-22-12-11-19-17(14-22)16-8-5-9-18(21)20(16)23(19)13-10-15-6-3-2-4-7-15/h2-9H,10-14H2,1H3. The number of hydrogen-bond acceptors (Lipinski definition) is 1. The number of aryl methyl sites for hydroxylation is 2. The van der Waals surface area contributed by atoms with Gasteiger partial charge in [0.25, 0.3) is 0 Å². The summed E-state index contributed by atoms with van der Waals surface area (Å²) in [6, 6.07) is 15.9. The van der Waals surface area contributed by atoms with E-state index in [0.29, 0.717) is 0 Å². The zero-order valence-electron chi connectivity index (χ0n) is 13.4. The van der Waals surface area contributed by atoms with Crippen LogP contribution in [0.3, 0.4) is 0 Å². The van der Waals surface area contributed by atoms with E-state index in [1.807, 2.05) is 12.1 Å². The number of fused-ring (bicyclic) bond motifs is 3. The van der Waals surface area contributed by atoms with Crippen LogP contribution in [-0.2, 0) is 25.9 Å². The molecule has 0 saturated heterocycles. The molecule has 0 fully saturated rings. The first-order chi connectivity index (χ1) is 11.2. The van der Waals surface area contributed by atoms with Crippen LogP contribution in [0.25, 0.3) is 10.9 Å². The molecule has 118 valence electrons. The van der Waals surface area contributed by atoms with E-state index in [0.717, 1.165) is 43.4 Å². The van der Waals surface area contributed by atoms with E-state index in [4.69, 9.17) is 0 Å². The molecule has 0 atom stereocenters. The number of nitrogens with zero attached hydrogens (tertiary/aromatic N) is 2. The molecule has 0 spiro atoms. The Kier molecular flexibility index (Phi) is 3.66. The van der Waals surface area contributed by atoms with Crippen LogP contribution in [0.2, 0.25) is 0 Å². The van der Waals surface area contributed by atoms with E-state index in [9.17, 15) is 4.39 Å². The summed E-state index contributed by atoms with van der Waals surface area (Å²) in [5, 5.41) is 1.08. The van der Waals surface area contributed by atoms with Gasteiger partial charge in [0, 0.05) is 37.1 Å². The number of benzene rings is 2. The van der Waals surface area contributed by atoms with E-state index >= 15 is 0 Å². The molecule has 0 unspecified atom stereocenters. The normalized spacial score (nSPS) is 15.0. The van der Waals surface area contributed by atoms with Crippen molar-refractivity contribution in [1.82, 2.24) is 9.47 Å². The van der Waals surface area contributed by atoms with Gasteiger partial charge in [-0.1, -0.05) is 42.5 Å². The van der Waals surface area contributed by atoms with Gasteiger partial charge in [-0.05, 0) is 30.7 Å². The number of halogens is 1. The second kappa shape index (κ2) is 5.82. The molecule has 2 nitrogen and oxygen atoms in total. The van der Waals surface area contributed by atoms with E-state index in [1.54, 1.807) is 6.07 Å². The van der Waals surface area contributed by atoms with Gasteiger partial charge in [-0.2, -0.15) is 0 Å². The summed E-state index contributed by atoms with van der Waals surface area (Å²) in [7, 11) is 2.13. The number of hydrogen-bond donors (Lipinski definition) is 0. The molecule has 1 aromatic heterocycles. The van der Waals surface area contributed by atoms with Crippen molar-refractivity contribution in [2.45, 2.75) is 25.9 Å². The van der Waals surface area contributed by atoms with Crippen molar-refractivity contribution in [3.8, 4) is 0 Å². The summed E-state index contributed by atoms with van der Waals surface area (Å²) in [6.07, 6.45) is 1.93. The Bertz CT molecular complexity index is 836. The van der Waals surface area contributed by atoms with Gasteiger partial charge in [0.15, 0.2) is 0 Å². The highest BCUT2D eigenvalue weighted by atomic mass is 19.1. The van der Waals surface area contributed by atoms with Crippen molar-refractivity contribution < 1.29 is 4.39 Å². The van der Waals surface area contributed by atoms with Gasteiger partial charge in [0.1, 0.15) is 5.82 Å². The first-order valence-electron chi connectivity index (χ1n) is 8.25. The topological polar surface area (TPSA) is 8.17 Å². The zero-order valence-corrected chi connectivity index (χ0v) is 13.4. The van der Waals surface area contributed by atoms with Gasteiger partial charge in [-0.15, -0.1) is 0 Å². The molecule has 23 heavy (non-hydrogen) atoms. The molecular weight excluding hydrogens is 287 g/mol. The maximum atomic E-state index is 14.5. The summed E-state index contributed by atoms with van der Waals surface area (Å²) in [4.78, 5) is 2.31. The molecule has 0 radical (unpaired) electrons. The van der Waals surface area contributed by atoms with Crippen LogP contribution in [0.5, 0.6) is 0 Å². The fourth-order valence-corrected chi connectivity index (χ4v) is 3.73. The van der Waals surface area contributed by atoms with E-state index in [2.05, 4.69) is 46.8 Å².